The summed E-state index contributed by atoms with van der Waals surface area (Å²) in [5, 5.41) is 15.0. The molecule has 4 bridgehead atoms. The Morgan fingerprint density at radius 3 is 1.37 bits per heavy atom. The van der Waals surface area contributed by atoms with Gasteiger partial charge in [0.05, 0.1) is 15.5 Å². The molecule has 6 saturated carbocycles. The minimum Gasteiger partial charge on any atom is -0.291 e. The summed E-state index contributed by atoms with van der Waals surface area (Å²) >= 11 is 0. The highest BCUT2D eigenvalue weighted by Gasteiger charge is 2.52. The van der Waals surface area contributed by atoms with Crippen molar-refractivity contribution < 1.29 is 22.0 Å². The van der Waals surface area contributed by atoms with Gasteiger partial charge >= 0.3 is 0 Å². The second-order valence-corrected chi connectivity index (χ2v) is 18.9. The molecule has 2 saturated heterocycles. The molecule has 4 unspecified atom stereocenters. The van der Waals surface area contributed by atoms with E-state index in [9.17, 15) is 26.9 Å². The lowest BCUT2D eigenvalue weighted by molar-refractivity contribution is 0.0577. The van der Waals surface area contributed by atoms with E-state index in [0.29, 0.717) is 89.7 Å². The highest BCUT2D eigenvalue weighted by Crippen LogP contribution is 2.54. The molecule has 0 amide bonds. The molecule has 10 nitrogen and oxygen atoms in total. The molecule has 8 fully saturated rings. The van der Waals surface area contributed by atoms with E-state index in [2.05, 4.69) is 10.7 Å². The summed E-state index contributed by atoms with van der Waals surface area (Å²) in [7, 11) is -7.65. The van der Waals surface area contributed by atoms with Gasteiger partial charge in [-0.05, 0) is 128 Å². The number of hydrogen-bond donors (Lipinski definition) is 2. The Morgan fingerprint density at radius 1 is 0.587 bits per heavy atom. The second-order valence-electron chi connectivity index (χ2n) is 15.0. The van der Waals surface area contributed by atoms with Crippen LogP contribution in [-0.2, 0) is 20.0 Å². The van der Waals surface area contributed by atoms with Crippen LogP contribution in [0.2, 0.25) is 0 Å². The number of nitrogens with zero attached hydrogens (tertiary/aromatic N) is 3. The van der Waals surface area contributed by atoms with Gasteiger partial charge in [-0.3, -0.25) is 10.7 Å². The van der Waals surface area contributed by atoms with Crippen LogP contribution >= 0.6 is 0 Å². The quantitative estimate of drug-likeness (QED) is 0.179. The van der Waals surface area contributed by atoms with Gasteiger partial charge in [-0.2, -0.15) is 8.61 Å². The molecule has 0 spiro atoms. The van der Waals surface area contributed by atoms with Crippen LogP contribution in [0, 0.1) is 52.3 Å². The predicted molar refractivity (Wildman–Crippen MR) is 175 cm³/mol. The number of rotatable bonds is 6. The number of nitroso groups, excluding NO2 is 1. The Hall–Kier alpha value is -2.64. The maximum atomic E-state index is 14.0. The molecule has 2 aliphatic heterocycles. The number of benzene rings is 3. The van der Waals surface area contributed by atoms with Crippen LogP contribution in [0.5, 0.6) is 0 Å². The average Bonchev–Trinajstić information content (AvgIpc) is 3.77. The van der Waals surface area contributed by atoms with E-state index in [0.717, 1.165) is 0 Å². The molecule has 6 aliphatic carbocycles. The van der Waals surface area contributed by atoms with Gasteiger partial charge in [-0.25, -0.2) is 16.8 Å². The van der Waals surface area contributed by atoms with Crippen molar-refractivity contribution in [3.8, 4) is 0 Å². The van der Waals surface area contributed by atoms with E-state index in [-0.39, 0.29) is 26.6 Å². The molecule has 3 aromatic carbocycles. The summed E-state index contributed by atoms with van der Waals surface area (Å²) in [4.78, 5) is 12.6. The Labute approximate surface area is 269 Å². The third kappa shape index (κ3) is 4.15. The van der Waals surface area contributed by atoms with Crippen molar-refractivity contribution in [2.24, 2.45) is 52.5 Å². The minimum atomic E-state index is -3.83. The van der Waals surface area contributed by atoms with E-state index in [1.807, 2.05) is 0 Å². The van der Waals surface area contributed by atoms with Crippen LogP contribution in [0.4, 0.5) is 11.4 Å². The number of hydrogen-bond acceptors (Lipinski definition) is 8. The van der Waals surface area contributed by atoms with Gasteiger partial charge in [0.2, 0.25) is 20.0 Å². The summed E-state index contributed by atoms with van der Waals surface area (Å²) < 4.78 is 59.2. The van der Waals surface area contributed by atoms with Gasteiger partial charge < -0.3 is 0 Å². The van der Waals surface area contributed by atoms with Gasteiger partial charge in [0.15, 0.2) is 0 Å². The van der Waals surface area contributed by atoms with E-state index in [1.54, 1.807) is 20.7 Å². The maximum Gasteiger partial charge on any atom is 0.243 e. The largest absolute Gasteiger partial charge is 0.291 e. The monoisotopic (exact) mass is 664 g/mol. The van der Waals surface area contributed by atoms with Crippen LogP contribution in [-0.4, -0.2) is 56.8 Å². The summed E-state index contributed by atoms with van der Waals surface area (Å²) in [5.41, 5.74) is 2.44. The van der Waals surface area contributed by atoms with E-state index < -0.39 is 20.0 Å². The van der Waals surface area contributed by atoms with Crippen molar-refractivity contribution in [3.05, 3.63) is 41.3 Å². The zero-order valence-corrected chi connectivity index (χ0v) is 27.3. The maximum absolute atomic E-state index is 14.0. The highest BCUT2D eigenvalue weighted by atomic mass is 32.2. The lowest BCUT2D eigenvalue weighted by Gasteiger charge is -2.45. The summed E-state index contributed by atoms with van der Waals surface area (Å²) in [6.07, 6.45) is 9.54. The topological polar surface area (TPSA) is 136 Å². The van der Waals surface area contributed by atoms with Crippen molar-refractivity contribution in [3.63, 3.8) is 0 Å². The Bertz CT molecular complexity index is 1950. The van der Waals surface area contributed by atoms with E-state index in [4.69, 9.17) is 0 Å². The molecule has 46 heavy (non-hydrogen) atoms. The van der Waals surface area contributed by atoms with Crippen LogP contribution in [0.3, 0.4) is 0 Å². The van der Waals surface area contributed by atoms with Gasteiger partial charge in [0.1, 0.15) is 5.69 Å². The van der Waals surface area contributed by atoms with Crippen LogP contribution < -0.4 is 5.48 Å². The standard InChI is InChI=1S/C34H40N4O6S2/c39-35-33-26-12-10-24(46(43,44)38-17-31-21-5-6-22(8-7-21)32(31)18-38)14-28(26)34(36-40)25-11-9-23(13-27(25)33)45(41,42)37-15-29-19-1-2-20(4-3-19)30(29)16-37/h9-14,19-22,29-32,35,39H,1-8,15-18H2. The lowest BCUT2D eigenvalue weighted by atomic mass is 9.60. The van der Waals surface area contributed by atoms with Gasteiger partial charge in [-0.1, -0.05) is 12.1 Å². The molecule has 3 aromatic rings. The van der Waals surface area contributed by atoms with Gasteiger partial charge in [0, 0.05) is 47.7 Å². The third-order valence-corrected chi connectivity index (χ3v) is 17.0. The fraction of sp³-hybridized carbons (Fsp3) is 0.588. The van der Waals surface area contributed by atoms with Crippen molar-refractivity contribution in [2.45, 2.75) is 61.2 Å². The van der Waals surface area contributed by atoms with E-state index >= 15 is 0 Å². The predicted octanol–water partition coefficient (Wildman–Crippen LogP) is 6.31. The first kappa shape index (κ1) is 29.5. The minimum absolute atomic E-state index is 0.0156. The van der Waals surface area contributed by atoms with Crippen molar-refractivity contribution in [1.29, 1.82) is 0 Å². The third-order valence-electron chi connectivity index (χ3n) is 13.3. The first-order valence-electron chi connectivity index (χ1n) is 17.0. The first-order valence-corrected chi connectivity index (χ1v) is 19.8. The zero-order valence-electron chi connectivity index (χ0n) is 25.7. The van der Waals surface area contributed by atoms with Gasteiger partial charge in [-0.15, -0.1) is 4.91 Å². The SMILES string of the molecule is O=Nc1c2cc(S(=O)(=O)N3CC4C5CCC(CC5)C4C3)ccc2c(NO)c2cc(S(=O)(=O)N3CC4C5CCC(CC5)C4C3)ccc12. The average molecular weight is 665 g/mol. The number of sulfonamides is 2. The number of nitrogens with one attached hydrogen (secondary N) is 1. The molecule has 4 atom stereocenters. The van der Waals surface area contributed by atoms with Crippen molar-refractivity contribution >= 4 is 53.0 Å². The number of fused-ring (bicyclic) bond motifs is 6. The Morgan fingerprint density at radius 2 is 0.978 bits per heavy atom. The fourth-order valence-corrected chi connectivity index (χ4v) is 14.1. The molecule has 12 heteroatoms. The van der Waals surface area contributed by atoms with E-state index in [1.165, 1.54) is 75.6 Å². The zero-order chi connectivity index (χ0) is 31.5. The Balaban J connectivity index is 1.09. The van der Waals surface area contributed by atoms with Crippen molar-refractivity contribution in [2.75, 3.05) is 31.7 Å². The molecule has 11 rings (SSSR count). The molecule has 2 heterocycles. The smallest absolute Gasteiger partial charge is 0.243 e. The van der Waals surface area contributed by atoms with Crippen LogP contribution in [0.15, 0.2) is 51.4 Å². The molecule has 244 valence electrons. The lowest BCUT2D eigenvalue weighted by Crippen LogP contribution is -2.38. The molecule has 0 radical (unpaired) electrons. The van der Waals surface area contributed by atoms with Crippen molar-refractivity contribution in [1.82, 2.24) is 8.61 Å². The van der Waals surface area contributed by atoms with Crippen LogP contribution in [0.25, 0.3) is 21.5 Å². The normalized spacial score (nSPS) is 34.3. The fourth-order valence-electron chi connectivity index (χ4n) is 11.0. The van der Waals surface area contributed by atoms with Gasteiger partial charge in [0.25, 0.3) is 0 Å². The summed E-state index contributed by atoms with van der Waals surface area (Å²) in [6.45, 7) is 2.13. The summed E-state index contributed by atoms with van der Waals surface area (Å²) in [6, 6.07) is 9.10. The molecule has 0 aromatic heterocycles. The number of anilines is 1. The molecular weight excluding hydrogens is 625 g/mol. The van der Waals surface area contributed by atoms with Crippen LogP contribution in [0.1, 0.15) is 51.4 Å². The molecule has 8 aliphatic rings. The second kappa shape index (κ2) is 10.4. The molecule has 2 N–H and O–H groups in total. The molecular formula is C34H40N4O6S2. The first-order chi connectivity index (χ1) is 22.2. The Kier molecular flexibility index (Phi) is 6.69. The highest BCUT2D eigenvalue weighted by molar-refractivity contribution is 7.89. The summed E-state index contributed by atoms with van der Waals surface area (Å²) in [5.74, 6) is 4.05.